The molecule has 1 aliphatic carbocycles. The van der Waals surface area contributed by atoms with Gasteiger partial charge in [0, 0.05) is 5.56 Å². The Morgan fingerprint density at radius 1 is 1.28 bits per heavy atom. The van der Waals surface area contributed by atoms with Gasteiger partial charge in [0.05, 0.1) is 6.20 Å². The lowest BCUT2D eigenvalue weighted by Crippen LogP contribution is -2.06. The van der Waals surface area contributed by atoms with Crippen LogP contribution in [0.5, 0.6) is 0 Å². The molecule has 0 amide bonds. The molecular formula is C16H18NO. The summed E-state index contributed by atoms with van der Waals surface area (Å²) < 4.78 is 5.66. The molecule has 0 saturated heterocycles. The van der Waals surface area contributed by atoms with Crippen molar-refractivity contribution in [3.63, 3.8) is 0 Å². The van der Waals surface area contributed by atoms with Gasteiger partial charge in [-0.1, -0.05) is 37.5 Å². The van der Waals surface area contributed by atoms with E-state index in [1.165, 1.54) is 37.7 Å². The zero-order valence-electron chi connectivity index (χ0n) is 10.8. The van der Waals surface area contributed by atoms with E-state index in [1.54, 1.807) is 6.20 Å². The standard InChI is InChI=1S/C16H18NO/c1-12-11-17-16(18-12)15-10-6-5-9-14(15)13-7-3-2-4-8-13/h5-6,9,11,13H,2-4,7-8H2,1H3. The maximum absolute atomic E-state index is 5.66. The molecule has 0 unspecified atom stereocenters. The zero-order chi connectivity index (χ0) is 12.4. The smallest absolute Gasteiger partial charge is 0.227 e. The molecule has 1 aliphatic rings. The molecule has 1 radical (unpaired) electrons. The first-order chi connectivity index (χ1) is 8.84. The molecule has 1 saturated carbocycles. The molecule has 0 N–H and O–H groups in total. The van der Waals surface area contributed by atoms with Crippen molar-refractivity contribution in [3.05, 3.63) is 41.8 Å². The molecule has 18 heavy (non-hydrogen) atoms. The van der Waals surface area contributed by atoms with Crippen LogP contribution in [-0.2, 0) is 0 Å². The maximum atomic E-state index is 5.66. The molecule has 2 heteroatoms. The highest BCUT2D eigenvalue weighted by atomic mass is 16.4. The van der Waals surface area contributed by atoms with Crippen molar-refractivity contribution >= 4 is 0 Å². The fraction of sp³-hybridized carbons (Fsp3) is 0.438. The van der Waals surface area contributed by atoms with Crippen molar-refractivity contribution < 1.29 is 4.42 Å². The number of aromatic nitrogens is 1. The summed E-state index contributed by atoms with van der Waals surface area (Å²) in [5.41, 5.74) is 2.41. The van der Waals surface area contributed by atoms with Gasteiger partial charge in [-0.15, -0.1) is 0 Å². The highest BCUT2D eigenvalue weighted by Crippen LogP contribution is 2.37. The summed E-state index contributed by atoms with van der Waals surface area (Å²) in [5.74, 6) is 2.23. The van der Waals surface area contributed by atoms with E-state index in [0.717, 1.165) is 11.3 Å². The SMILES string of the molecule is Cc1cnc(-c2[c]cccc2C2CCCCC2)o1. The van der Waals surface area contributed by atoms with Crippen LogP contribution in [0, 0.1) is 13.0 Å². The molecule has 0 spiro atoms. The molecule has 0 bridgehead atoms. The van der Waals surface area contributed by atoms with E-state index in [4.69, 9.17) is 4.42 Å². The van der Waals surface area contributed by atoms with Gasteiger partial charge in [0.25, 0.3) is 0 Å². The van der Waals surface area contributed by atoms with E-state index in [-0.39, 0.29) is 0 Å². The van der Waals surface area contributed by atoms with Crippen LogP contribution < -0.4 is 0 Å². The van der Waals surface area contributed by atoms with E-state index in [0.29, 0.717) is 11.8 Å². The molecule has 3 rings (SSSR count). The highest BCUT2D eigenvalue weighted by molar-refractivity contribution is 5.59. The van der Waals surface area contributed by atoms with Crippen LogP contribution in [0.2, 0.25) is 0 Å². The lowest BCUT2D eigenvalue weighted by molar-refractivity contribution is 0.443. The van der Waals surface area contributed by atoms with Crippen LogP contribution in [0.4, 0.5) is 0 Å². The largest absolute Gasteiger partial charge is 0.441 e. The Bertz CT molecular complexity index is 523. The van der Waals surface area contributed by atoms with Gasteiger partial charge in [-0.25, -0.2) is 4.98 Å². The molecule has 2 aromatic rings. The minimum Gasteiger partial charge on any atom is -0.441 e. The molecule has 0 aliphatic heterocycles. The zero-order valence-corrected chi connectivity index (χ0v) is 10.8. The first-order valence-corrected chi connectivity index (χ1v) is 6.78. The topological polar surface area (TPSA) is 26.0 Å². The lowest BCUT2D eigenvalue weighted by Gasteiger charge is -2.23. The number of hydrogen-bond acceptors (Lipinski definition) is 2. The first kappa shape index (κ1) is 11.5. The van der Waals surface area contributed by atoms with Gasteiger partial charge in [-0.2, -0.15) is 0 Å². The number of nitrogens with zero attached hydrogens (tertiary/aromatic N) is 1. The van der Waals surface area contributed by atoms with Crippen molar-refractivity contribution in [1.82, 2.24) is 4.98 Å². The minimum atomic E-state index is 0.651. The lowest BCUT2D eigenvalue weighted by atomic mass is 9.82. The van der Waals surface area contributed by atoms with Crippen molar-refractivity contribution in [3.8, 4) is 11.5 Å². The Kier molecular flexibility index (Phi) is 3.18. The van der Waals surface area contributed by atoms with Crippen LogP contribution in [0.3, 0.4) is 0 Å². The fourth-order valence-electron chi connectivity index (χ4n) is 2.86. The van der Waals surface area contributed by atoms with E-state index in [2.05, 4.69) is 23.2 Å². The van der Waals surface area contributed by atoms with Gasteiger partial charge in [-0.05, 0) is 37.3 Å². The predicted molar refractivity (Wildman–Crippen MR) is 71.3 cm³/mol. The third kappa shape index (κ3) is 2.20. The first-order valence-electron chi connectivity index (χ1n) is 6.78. The average molecular weight is 240 g/mol. The number of rotatable bonds is 2. The monoisotopic (exact) mass is 240 g/mol. The molecule has 0 atom stereocenters. The Labute approximate surface area is 108 Å². The van der Waals surface area contributed by atoms with Crippen LogP contribution in [0.15, 0.2) is 28.8 Å². The number of oxazole rings is 1. The van der Waals surface area contributed by atoms with Gasteiger partial charge in [-0.3, -0.25) is 0 Å². The Morgan fingerprint density at radius 3 is 2.83 bits per heavy atom. The maximum Gasteiger partial charge on any atom is 0.227 e. The molecule has 93 valence electrons. The van der Waals surface area contributed by atoms with Gasteiger partial charge < -0.3 is 4.42 Å². The van der Waals surface area contributed by atoms with Crippen molar-refractivity contribution in [2.75, 3.05) is 0 Å². The van der Waals surface area contributed by atoms with Gasteiger partial charge in [0.1, 0.15) is 5.76 Å². The second kappa shape index (κ2) is 4.97. The number of aryl methyl sites for hydroxylation is 1. The van der Waals surface area contributed by atoms with Crippen molar-refractivity contribution in [2.45, 2.75) is 44.9 Å². The van der Waals surface area contributed by atoms with Gasteiger partial charge >= 0.3 is 0 Å². The van der Waals surface area contributed by atoms with E-state index in [9.17, 15) is 0 Å². The van der Waals surface area contributed by atoms with Crippen LogP contribution in [-0.4, -0.2) is 4.98 Å². The summed E-state index contributed by atoms with van der Waals surface area (Å²) in [6.45, 7) is 1.93. The summed E-state index contributed by atoms with van der Waals surface area (Å²) in [6, 6.07) is 9.54. The summed E-state index contributed by atoms with van der Waals surface area (Å²) >= 11 is 0. The third-order valence-corrected chi connectivity index (χ3v) is 3.77. The summed E-state index contributed by atoms with van der Waals surface area (Å²) in [5, 5.41) is 0. The minimum absolute atomic E-state index is 0.651. The molecular weight excluding hydrogens is 222 g/mol. The quantitative estimate of drug-likeness (QED) is 0.772. The van der Waals surface area contributed by atoms with Crippen LogP contribution in [0.25, 0.3) is 11.5 Å². The predicted octanol–water partition coefficient (Wildman–Crippen LogP) is 4.50. The summed E-state index contributed by atoms with van der Waals surface area (Å²) in [7, 11) is 0. The van der Waals surface area contributed by atoms with Gasteiger partial charge in [0.2, 0.25) is 5.89 Å². The van der Waals surface area contributed by atoms with Gasteiger partial charge in [0.15, 0.2) is 0 Å². The Balaban J connectivity index is 1.99. The van der Waals surface area contributed by atoms with E-state index < -0.39 is 0 Å². The average Bonchev–Trinajstić information content (AvgIpc) is 2.86. The summed E-state index contributed by atoms with van der Waals surface area (Å²) in [4.78, 5) is 4.34. The summed E-state index contributed by atoms with van der Waals surface area (Å²) in [6.07, 6.45) is 8.39. The van der Waals surface area contributed by atoms with Crippen LogP contribution in [0.1, 0.15) is 49.3 Å². The normalized spacial score (nSPS) is 16.9. The third-order valence-electron chi connectivity index (χ3n) is 3.77. The number of hydrogen-bond donors (Lipinski definition) is 0. The van der Waals surface area contributed by atoms with Crippen molar-refractivity contribution in [1.29, 1.82) is 0 Å². The highest BCUT2D eigenvalue weighted by Gasteiger charge is 2.20. The van der Waals surface area contributed by atoms with E-state index >= 15 is 0 Å². The van der Waals surface area contributed by atoms with Crippen LogP contribution >= 0.6 is 0 Å². The molecule has 1 aromatic heterocycles. The Morgan fingerprint density at radius 2 is 2.11 bits per heavy atom. The number of benzene rings is 1. The second-order valence-electron chi connectivity index (χ2n) is 5.11. The second-order valence-corrected chi connectivity index (χ2v) is 5.11. The molecule has 1 aromatic carbocycles. The van der Waals surface area contributed by atoms with Crippen molar-refractivity contribution in [2.24, 2.45) is 0 Å². The van der Waals surface area contributed by atoms with E-state index in [1.807, 2.05) is 13.0 Å². The molecule has 2 nitrogen and oxygen atoms in total. The molecule has 1 heterocycles. The molecule has 1 fully saturated rings. The Hall–Kier alpha value is -1.57. The fourth-order valence-corrected chi connectivity index (χ4v) is 2.86.